The van der Waals surface area contributed by atoms with Gasteiger partial charge in [-0.15, -0.1) is 0 Å². The molecule has 0 radical (unpaired) electrons. The zero-order chi connectivity index (χ0) is 25.7. The quantitative estimate of drug-likeness (QED) is 0.389. The average molecular weight is 484 g/mol. The van der Waals surface area contributed by atoms with Crippen molar-refractivity contribution in [3.05, 3.63) is 106 Å². The van der Waals surface area contributed by atoms with Crippen molar-refractivity contribution >= 4 is 0 Å². The van der Waals surface area contributed by atoms with Gasteiger partial charge in [0.1, 0.15) is 0 Å². The third-order valence-electron chi connectivity index (χ3n) is 7.48. The first-order chi connectivity index (χ1) is 17.3. The Morgan fingerprint density at radius 2 is 0.583 bits per heavy atom. The lowest BCUT2D eigenvalue weighted by molar-refractivity contribution is 0.196. The molecular weight excluding hydrogens is 438 g/mol. The van der Waals surface area contributed by atoms with Crippen molar-refractivity contribution in [3.63, 3.8) is 0 Å². The van der Waals surface area contributed by atoms with Crippen molar-refractivity contribution in [2.75, 3.05) is 0 Å². The predicted octanol–water partition coefficient (Wildman–Crippen LogP) is 7.23. The van der Waals surface area contributed by atoms with Crippen LogP contribution in [-0.4, -0.2) is 32.8 Å². The molecule has 0 saturated heterocycles. The van der Waals surface area contributed by atoms with Crippen molar-refractivity contribution < 1.29 is 0 Å². The maximum atomic E-state index is 2.59. The second-order valence-corrected chi connectivity index (χ2v) is 11.5. The molecule has 0 aromatic heterocycles. The second-order valence-electron chi connectivity index (χ2n) is 11.5. The van der Waals surface area contributed by atoms with Crippen LogP contribution in [-0.2, 0) is 39.3 Å². The molecule has 0 saturated carbocycles. The summed E-state index contributed by atoms with van der Waals surface area (Å²) in [6, 6.07) is 29.1. The van der Waals surface area contributed by atoms with Gasteiger partial charge in [0.15, 0.2) is 0 Å². The molecule has 0 N–H and O–H groups in total. The average Bonchev–Trinajstić information content (AvgIpc) is 2.83. The van der Waals surface area contributed by atoms with E-state index in [2.05, 4.69) is 129 Å². The molecule has 0 fully saturated rings. The Morgan fingerprint density at radius 1 is 0.389 bits per heavy atom. The van der Waals surface area contributed by atoms with Gasteiger partial charge in [-0.05, 0) is 74.9 Å². The first-order valence-electron chi connectivity index (χ1n) is 13.7. The van der Waals surface area contributed by atoms with Gasteiger partial charge >= 0.3 is 0 Å². The Morgan fingerprint density at radius 3 is 0.750 bits per heavy atom. The van der Waals surface area contributed by atoms with Gasteiger partial charge in [0.25, 0.3) is 0 Å². The summed E-state index contributed by atoms with van der Waals surface area (Å²) < 4.78 is 0. The van der Waals surface area contributed by atoms with Crippen molar-refractivity contribution in [2.24, 2.45) is 0 Å². The molecule has 1 aliphatic heterocycles. The highest BCUT2D eigenvalue weighted by Crippen LogP contribution is 2.21. The van der Waals surface area contributed by atoms with Crippen LogP contribution in [0.4, 0.5) is 0 Å². The maximum Gasteiger partial charge on any atom is 0.0240 e. The van der Waals surface area contributed by atoms with Crippen LogP contribution in [0, 0.1) is 0 Å². The Bertz CT molecular complexity index is 912. The predicted molar refractivity (Wildman–Crippen MR) is 152 cm³/mol. The van der Waals surface area contributed by atoms with Gasteiger partial charge < -0.3 is 0 Å². The van der Waals surface area contributed by atoms with Gasteiger partial charge in [-0.3, -0.25) is 14.7 Å². The zero-order valence-corrected chi connectivity index (χ0v) is 23.2. The van der Waals surface area contributed by atoms with Gasteiger partial charge in [-0.2, -0.15) is 0 Å². The molecular formula is C33H45N3. The molecule has 3 nitrogen and oxygen atoms in total. The normalized spacial score (nSPS) is 16.9. The summed E-state index contributed by atoms with van der Waals surface area (Å²) in [5.74, 6) is 0. The molecule has 192 valence electrons. The van der Waals surface area contributed by atoms with Crippen LogP contribution in [0.5, 0.6) is 0 Å². The number of fused-ring (bicyclic) bond motifs is 6. The van der Waals surface area contributed by atoms with Crippen molar-refractivity contribution in [1.29, 1.82) is 0 Å². The highest BCUT2D eigenvalue weighted by Gasteiger charge is 2.17. The van der Waals surface area contributed by atoms with Crippen molar-refractivity contribution in [2.45, 2.75) is 98.9 Å². The molecule has 3 aromatic carbocycles. The van der Waals surface area contributed by atoms with Gasteiger partial charge in [-0.1, -0.05) is 72.8 Å². The smallest absolute Gasteiger partial charge is 0.0240 e. The first-order valence-corrected chi connectivity index (χ1v) is 13.7. The van der Waals surface area contributed by atoms with Gasteiger partial charge in [0.05, 0.1) is 0 Å². The molecule has 0 unspecified atom stereocenters. The van der Waals surface area contributed by atoms with E-state index >= 15 is 0 Å². The Hall–Kier alpha value is -2.46. The summed E-state index contributed by atoms with van der Waals surface area (Å²) in [5.41, 5.74) is 8.39. The van der Waals surface area contributed by atoms with E-state index in [0.717, 1.165) is 39.3 Å². The number of hydrogen-bond donors (Lipinski definition) is 0. The van der Waals surface area contributed by atoms with E-state index in [9.17, 15) is 0 Å². The van der Waals surface area contributed by atoms with Crippen LogP contribution in [0.3, 0.4) is 0 Å². The number of benzene rings is 3. The summed E-state index contributed by atoms with van der Waals surface area (Å²) in [5, 5.41) is 0. The fourth-order valence-corrected chi connectivity index (χ4v) is 5.15. The Labute approximate surface area is 219 Å². The fraction of sp³-hybridized carbons (Fsp3) is 0.455. The Kier molecular flexibility index (Phi) is 9.00. The fourth-order valence-electron chi connectivity index (χ4n) is 5.15. The molecule has 3 heteroatoms. The van der Waals surface area contributed by atoms with E-state index in [4.69, 9.17) is 0 Å². The lowest BCUT2D eigenvalue weighted by Crippen LogP contribution is -2.32. The molecule has 1 heterocycles. The molecule has 0 amide bonds. The summed E-state index contributed by atoms with van der Waals surface area (Å²) in [6.07, 6.45) is 0. The third-order valence-corrected chi connectivity index (χ3v) is 7.48. The summed E-state index contributed by atoms with van der Waals surface area (Å²) >= 11 is 0. The minimum absolute atomic E-state index is 0.479. The van der Waals surface area contributed by atoms with Crippen LogP contribution >= 0.6 is 0 Å². The van der Waals surface area contributed by atoms with Gasteiger partial charge in [0.2, 0.25) is 0 Å². The van der Waals surface area contributed by atoms with Crippen molar-refractivity contribution in [3.8, 4) is 0 Å². The number of nitrogens with zero attached hydrogens (tertiary/aromatic N) is 3. The van der Waals surface area contributed by atoms with E-state index in [-0.39, 0.29) is 0 Å². The number of hydrogen-bond acceptors (Lipinski definition) is 3. The van der Waals surface area contributed by atoms with Crippen LogP contribution < -0.4 is 0 Å². The topological polar surface area (TPSA) is 9.72 Å². The van der Waals surface area contributed by atoms with E-state index in [0.29, 0.717) is 18.1 Å². The van der Waals surface area contributed by atoms with Crippen LogP contribution in [0.1, 0.15) is 74.9 Å². The van der Waals surface area contributed by atoms with Crippen LogP contribution in [0.25, 0.3) is 0 Å². The Balaban J connectivity index is 1.73. The lowest BCUT2D eigenvalue weighted by atomic mass is 10.0. The minimum Gasteiger partial charge on any atom is -0.292 e. The van der Waals surface area contributed by atoms with Crippen LogP contribution in [0.2, 0.25) is 0 Å². The highest BCUT2D eigenvalue weighted by atomic mass is 15.2. The monoisotopic (exact) mass is 483 g/mol. The van der Waals surface area contributed by atoms with Gasteiger partial charge in [-0.25, -0.2) is 0 Å². The molecule has 36 heavy (non-hydrogen) atoms. The van der Waals surface area contributed by atoms with Crippen molar-refractivity contribution in [1.82, 2.24) is 14.7 Å². The number of rotatable bonds is 3. The summed E-state index contributed by atoms with van der Waals surface area (Å²) in [6.45, 7) is 19.7. The van der Waals surface area contributed by atoms with E-state index in [1.165, 1.54) is 33.4 Å². The van der Waals surface area contributed by atoms with Crippen LogP contribution in [0.15, 0.2) is 72.8 Å². The van der Waals surface area contributed by atoms with E-state index in [1.807, 2.05) is 0 Å². The lowest BCUT2D eigenvalue weighted by Gasteiger charge is -2.30. The maximum absolute atomic E-state index is 2.59. The SMILES string of the molecule is CC(C)N1Cc2cccc(c2)CN(C(C)C)Cc2cccc(c2)CN(C(C)C)Cc2cccc(c2)C1. The van der Waals surface area contributed by atoms with Gasteiger partial charge in [0, 0.05) is 57.4 Å². The molecule has 3 aromatic rings. The second kappa shape index (κ2) is 12.2. The zero-order valence-electron chi connectivity index (χ0n) is 23.2. The molecule has 0 spiro atoms. The molecule has 6 bridgehead atoms. The summed E-state index contributed by atoms with van der Waals surface area (Å²) in [4.78, 5) is 7.77. The summed E-state index contributed by atoms with van der Waals surface area (Å²) in [7, 11) is 0. The van der Waals surface area contributed by atoms with E-state index < -0.39 is 0 Å². The molecule has 1 aliphatic rings. The largest absolute Gasteiger partial charge is 0.292 e. The highest BCUT2D eigenvalue weighted by molar-refractivity contribution is 5.27. The minimum atomic E-state index is 0.479. The first kappa shape index (κ1) is 26.6. The third kappa shape index (κ3) is 7.29. The molecule has 0 atom stereocenters. The standard InChI is InChI=1S/C33H45N3/c1-25(2)34-19-28-10-7-12-30(16-28)21-35(26(3)4)23-32-14-9-15-33(18-32)24-36(27(5)6)22-31-13-8-11-29(17-31)20-34/h7-18,25-27H,19-24H2,1-6H3. The van der Waals surface area contributed by atoms with E-state index in [1.54, 1.807) is 0 Å². The molecule has 0 aliphatic carbocycles. The molecule has 4 rings (SSSR count).